The number of hydrogen-bond donors (Lipinski definition) is 1. The molecule has 1 N–H and O–H groups in total. The van der Waals surface area contributed by atoms with Crippen molar-refractivity contribution in [1.82, 2.24) is 5.32 Å². The molecule has 0 aliphatic carbocycles. The minimum absolute atomic E-state index is 0.701. The van der Waals surface area contributed by atoms with Gasteiger partial charge in [0.05, 0.1) is 0 Å². The molecule has 1 fully saturated rings. The van der Waals surface area contributed by atoms with Crippen molar-refractivity contribution in [2.24, 2.45) is 0 Å². The van der Waals surface area contributed by atoms with Gasteiger partial charge in [0.1, 0.15) is 0 Å². The summed E-state index contributed by atoms with van der Waals surface area (Å²) in [6.45, 7) is 7.68. The topological polar surface area (TPSA) is 15.3 Å². The summed E-state index contributed by atoms with van der Waals surface area (Å²) in [6.07, 6.45) is 6.66. The lowest BCUT2D eigenvalue weighted by atomic mass is 10.0. The van der Waals surface area contributed by atoms with Crippen LogP contribution in [-0.4, -0.2) is 19.1 Å². The van der Waals surface area contributed by atoms with Crippen LogP contribution < -0.4 is 10.2 Å². The van der Waals surface area contributed by atoms with Crippen LogP contribution in [0.25, 0.3) is 0 Å². The number of hydrogen-bond acceptors (Lipinski definition) is 2. The molecule has 1 aromatic rings. The molecular weight excluding hydrogens is 312 g/mol. The van der Waals surface area contributed by atoms with Gasteiger partial charge in [-0.15, -0.1) is 0 Å². The quantitative estimate of drug-likeness (QED) is 0.835. The Kier molecular flexibility index (Phi) is 6.37. The zero-order valence-electron chi connectivity index (χ0n) is 12.8. The minimum Gasteiger partial charge on any atom is -0.368 e. The Morgan fingerprint density at radius 2 is 2.10 bits per heavy atom. The lowest BCUT2D eigenvalue weighted by Crippen LogP contribution is -2.35. The van der Waals surface area contributed by atoms with Gasteiger partial charge in [-0.05, 0) is 43.5 Å². The maximum absolute atomic E-state index is 3.65. The Morgan fingerprint density at radius 3 is 2.85 bits per heavy atom. The van der Waals surface area contributed by atoms with Gasteiger partial charge < -0.3 is 10.2 Å². The summed E-state index contributed by atoms with van der Waals surface area (Å²) < 4.78 is 1.19. The molecule has 0 spiro atoms. The lowest BCUT2D eigenvalue weighted by molar-refractivity contribution is 0.554. The van der Waals surface area contributed by atoms with E-state index in [1.54, 1.807) is 0 Å². The molecule has 1 aromatic carbocycles. The third-order valence-corrected chi connectivity index (χ3v) is 4.76. The second-order valence-electron chi connectivity index (χ2n) is 5.66. The maximum atomic E-state index is 3.65. The van der Waals surface area contributed by atoms with Crippen LogP contribution in [-0.2, 0) is 6.54 Å². The van der Waals surface area contributed by atoms with Crippen molar-refractivity contribution < 1.29 is 0 Å². The molecular formula is C17H27BrN2. The first-order chi connectivity index (χ1) is 9.76. The van der Waals surface area contributed by atoms with Crippen LogP contribution in [0, 0.1) is 0 Å². The second-order valence-corrected chi connectivity index (χ2v) is 6.57. The number of rotatable bonds is 5. The van der Waals surface area contributed by atoms with Crippen molar-refractivity contribution in [2.45, 2.75) is 58.5 Å². The molecule has 0 amide bonds. The summed E-state index contributed by atoms with van der Waals surface area (Å²) in [6, 6.07) is 7.43. The number of nitrogens with zero attached hydrogens (tertiary/aromatic N) is 1. The SMILES string of the molecule is CCNCc1ccc(Br)cc1N1CCCCCC1CC. The first-order valence-electron chi connectivity index (χ1n) is 8.02. The molecule has 1 aliphatic rings. The highest BCUT2D eigenvalue weighted by Gasteiger charge is 2.21. The molecule has 1 saturated heterocycles. The van der Waals surface area contributed by atoms with E-state index in [0.717, 1.165) is 13.1 Å². The van der Waals surface area contributed by atoms with Crippen LogP contribution in [0.4, 0.5) is 5.69 Å². The molecule has 20 heavy (non-hydrogen) atoms. The Balaban J connectivity index is 2.29. The molecule has 0 aromatic heterocycles. The van der Waals surface area contributed by atoms with Crippen molar-refractivity contribution >= 4 is 21.6 Å². The molecule has 0 radical (unpaired) electrons. The molecule has 1 heterocycles. The molecule has 2 rings (SSSR count). The first-order valence-corrected chi connectivity index (χ1v) is 8.81. The number of benzene rings is 1. The normalized spacial score (nSPS) is 19.9. The molecule has 112 valence electrons. The molecule has 0 bridgehead atoms. The van der Waals surface area contributed by atoms with E-state index >= 15 is 0 Å². The summed E-state index contributed by atoms with van der Waals surface area (Å²) in [5, 5.41) is 3.47. The largest absolute Gasteiger partial charge is 0.368 e. The number of anilines is 1. The van der Waals surface area contributed by atoms with E-state index in [2.05, 4.69) is 58.2 Å². The third-order valence-electron chi connectivity index (χ3n) is 4.27. The summed E-state index contributed by atoms with van der Waals surface area (Å²) in [5.41, 5.74) is 2.85. The fraction of sp³-hybridized carbons (Fsp3) is 0.647. The van der Waals surface area contributed by atoms with E-state index in [0.29, 0.717) is 6.04 Å². The molecule has 1 aliphatic heterocycles. The van der Waals surface area contributed by atoms with E-state index in [4.69, 9.17) is 0 Å². The fourth-order valence-corrected chi connectivity index (χ4v) is 3.48. The predicted octanol–water partition coefficient (Wildman–Crippen LogP) is 4.72. The average Bonchev–Trinajstić information content (AvgIpc) is 2.71. The van der Waals surface area contributed by atoms with Gasteiger partial charge in [-0.1, -0.05) is 48.7 Å². The summed E-state index contributed by atoms with van der Waals surface area (Å²) in [5.74, 6) is 0. The first kappa shape index (κ1) is 15.8. The van der Waals surface area contributed by atoms with E-state index < -0.39 is 0 Å². The van der Waals surface area contributed by atoms with Gasteiger partial charge in [-0.2, -0.15) is 0 Å². The highest BCUT2D eigenvalue weighted by Crippen LogP contribution is 2.31. The highest BCUT2D eigenvalue weighted by molar-refractivity contribution is 9.10. The van der Waals surface area contributed by atoms with Gasteiger partial charge in [0, 0.05) is 29.3 Å². The zero-order valence-corrected chi connectivity index (χ0v) is 14.4. The fourth-order valence-electron chi connectivity index (χ4n) is 3.13. The van der Waals surface area contributed by atoms with Gasteiger partial charge in [0.15, 0.2) is 0 Å². The standard InChI is InChI=1S/C17H27BrN2/c1-3-16-8-6-5-7-11-20(16)17-12-15(18)10-9-14(17)13-19-4-2/h9-10,12,16,19H,3-8,11,13H2,1-2H3. The van der Waals surface area contributed by atoms with Crippen molar-refractivity contribution in [3.8, 4) is 0 Å². The van der Waals surface area contributed by atoms with Crippen molar-refractivity contribution in [3.05, 3.63) is 28.2 Å². The highest BCUT2D eigenvalue weighted by atomic mass is 79.9. The Labute approximate surface area is 132 Å². The molecule has 3 heteroatoms. The number of nitrogens with one attached hydrogen (secondary N) is 1. The van der Waals surface area contributed by atoms with Gasteiger partial charge in [-0.25, -0.2) is 0 Å². The minimum atomic E-state index is 0.701. The Bertz CT molecular complexity index is 419. The number of halogens is 1. The van der Waals surface area contributed by atoms with Crippen LogP contribution in [0.5, 0.6) is 0 Å². The Morgan fingerprint density at radius 1 is 1.25 bits per heavy atom. The van der Waals surface area contributed by atoms with Crippen LogP contribution >= 0.6 is 15.9 Å². The predicted molar refractivity (Wildman–Crippen MR) is 91.4 cm³/mol. The monoisotopic (exact) mass is 338 g/mol. The second kappa shape index (κ2) is 8.04. The third kappa shape index (κ3) is 3.98. The van der Waals surface area contributed by atoms with Gasteiger partial charge >= 0.3 is 0 Å². The van der Waals surface area contributed by atoms with E-state index in [1.165, 1.54) is 54.4 Å². The Hall–Kier alpha value is -0.540. The van der Waals surface area contributed by atoms with E-state index in [-0.39, 0.29) is 0 Å². The molecule has 1 unspecified atom stereocenters. The van der Waals surface area contributed by atoms with Crippen molar-refractivity contribution in [1.29, 1.82) is 0 Å². The summed E-state index contributed by atoms with van der Waals surface area (Å²) >= 11 is 3.65. The maximum Gasteiger partial charge on any atom is 0.0425 e. The van der Waals surface area contributed by atoms with Crippen LogP contribution in [0.3, 0.4) is 0 Å². The summed E-state index contributed by atoms with van der Waals surface area (Å²) in [7, 11) is 0. The molecule has 1 atom stereocenters. The van der Waals surface area contributed by atoms with E-state index in [9.17, 15) is 0 Å². The van der Waals surface area contributed by atoms with Gasteiger partial charge in [0.25, 0.3) is 0 Å². The zero-order chi connectivity index (χ0) is 14.4. The van der Waals surface area contributed by atoms with Crippen molar-refractivity contribution in [3.63, 3.8) is 0 Å². The van der Waals surface area contributed by atoms with Crippen LogP contribution in [0.1, 0.15) is 51.5 Å². The smallest absolute Gasteiger partial charge is 0.0425 e. The lowest BCUT2D eigenvalue weighted by Gasteiger charge is -2.33. The molecule has 2 nitrogen and oxygen atoms in total. The van der Waals surface area contributed by atoms with E-state index in [1.807, 2.05) is 0 Å². The van der Waals surface area contributed by atoms with Gasteiger partial charge in [0.2, 0.25) is 0 Å². The van der Waals surface area contributed by atoms with Crippen LogP contribution in [0.2, 0.25) is 0 Å². The average molecular weight is 339 g/mol. The van der Waals surface area contributed by atoms with Crippen LogP contribution in [0.15, 0.2) is 22.7 Å². The molecule has 0 saturated carbocycles. The van der Waals surface area contributed by atoms with Crippen molar-refractivity contribution in [2.75, 3.05) is 18.0 Å². The summed E-state index contributed by atoms with van der Waals surface area (Å²) in [4.78, 5) is 2.66. The van der Waals surface area contributed by atoms with Gasteiger partial charge in [-0.3, -0.25) is 0 Å².